The molecular weight excluding hydrogens is 348 g/mol. The minimum absolute atomic E-state index is 0.0232. The molecule has 0 unspecified atom stereocenters. The predicted molar refractivity (Wildman–Crippen MR) is 97.3 cm³/mol. The van der Waals surface area contributed by atoms with Gasteiger partial charge in [-0.2, -0.15) is 0 Å². The zero-order valence-electron chi connectivity index (χ0n) is 14.6. The Balaban J connectivity index is 1.54. The lowest BCUT2D eigenvalue weighted by atomic mass is 10.1. The van der Waals surface area contributed by atoms with Crippen molar-refractivity contribution in [3.05, 3.63) is 83.3 Å². The normalized spacial score (nSPS) is 10.3. The van der Waals surface area contributed by atoms with Crippen LogP contribution < -0.4 is 15.6 Å². The second-order valence-electron chi connectivity index (χ2n) is 5.80. The molecule has 0 atom stereocenters. The van der Waals surface area contributed by atoms with E-state index < -0.39 is 11.8 Å². The summed E-state index contributed by atoms with van der Waals surface area (Å²) >= 11 is 0. The Morgan fingerprint density at radius 3 is 2.48 bits per heavy atom. The molecule has 7 nitrogen and oxygen atoms in total. The smallest absolute Gasteiger partial charge is 0.305 e. The standard InChI is InChI=1S/C20H18N2O5/c1-13-7-9-16(17(23)11-13)19(24)21-22-20(25)18-10-8-15(27-18)12-26-14-5-3-2-4-6-14/h2-11,23H,12H2,1H3,(H,21,24)(H,22,25). The van der Waals surface area contributed by atoms with E-state index in [9.17, 15) is 14.7 Å². The number of carbonyl (C=O) groups is 2. The number of hydrogen-bond donors (Lipinski definition) is 3. The zero-order valence-corrected chi connectivity index (χ0v) is 14.6. The lowest BCUT2D eigenvalue weighted by Crippen LogP contribution is -2.41. The summed E-state index contributed by atoms with van der Waals surface area (Å²) in [7, 11) is 0. The maximum Gasteiger partial charge on any atom is 0.305 e. The Bertz CT molecular complexity index is 950. The molecule has 1 aromatic heterocycles. The number of amides is 2. The van der Waals surface area contributed by atoms with Crippen molar-refractivity contribution in [2.75, 3.05) is 0 Å². The molecule has 3 N–H and O–H groups in total. The Kier molecular flexibility index (Phi) is 5.41. The van der Waals surface area contributed by atoms with Gasteiger partial charge in [-0.1, -0.05) is 24.3 Å². The highest BCUT2D eigenvalue weighted by Gasteiger charge is 2.15. The molecule has 0 aliphatic rings. The summed E-state index contributed by atoms with van der Waals surface area (Å²) in [5.41, 5.74) is 5.34. The summed E-state index contributed by atoms with van der Waals surface area (Å²) in [6.07, 6.45) is 0. The van der Waals surface area contributed by atoms with E-state index in [4.69, 9.17) is 9.15 Å². The van der Waals surface area contributed by atoms with Gasteiger partial charge in [0.2, 0.25) is 0 Å². The molecule has 0 saturated carbocycles. The number of hydrazine groups is 1. The molecular formula is C20H18N2O5. The topological polar surface area (TPSA) is 101 Å². The van der Waals surface area contributed by atoms with Crippen molar-refractivity contribution in [3.8, 4) is 11.5 Å². The van der Waals surface area contributed by atoms with Crippen LogP contribution in [0.1, 0.15) is 32.2 Å². The molecule has 7 heteroatoms. The summed E-state index contributed by atoms with van der Waals surface area (Å²) < 4.78 is 10.9. The minimum Gasteiger partial charge on any atom is -0.507 e. The summed E-state index contributed by atoms with van der Waals surface area (Å²) in [6.45, 7) is 1.96. The highest BCUT2D eigenvalue weighted by molar-refractivity contribution is 5.99. The molecule has 0 saturated heterocycles. The maximum atomic E-state index is 12.1. The van der Waals surface area contributed by atoms with Crippen LogP contribution in [-0.4, -0.2) is 16.9 Å². The number of aromatic hydroxyl groups is 1. The molecule has 27 heavy (non-hydrogen) atoms. The van der Waals surface area contributed by atoms with Gasteiger partial charge in [-0.15, -0.1) is 0 Å². The first-order chi connectivity index (χ1) is 13.0. The number of para-hydroxylation sites is 1. The van der Waals surface area contributed by atoms with Crippen LogP contribution in [0.3, 0.4) is 0 Å². The van der Waals surface area contributed by atoms with E-state index in [0.29, 0.717) is 11.5 Å². The van der Waals surface area contributed by atoms with Crippen molar-refractivity contribution < 1.29 is 23.8 Å². The van der Waals surface area contributed by atoms with Crippen LogP contribution in [0.25, 0.3) is 0 Å². The Morgan fingerprint density at radius 2 is 1.74 bits per heavy atom. The van der Waals surface area contributed by atoms with Gasteiger partial charge in [0.1, 0.15) is 23.9 Å². The van der Waals surface area contributed by atoms with Crippen LogP contribution in [0, 0.1) is 6.92 Å². The number of benzene rings is 2. The van der Waals surface area contributed by atoms with E-state index in [1.807, 2.05) is 30.3 Å². The number of rotatable bonds is 5. The number of furan rings is 1. The molecule has 0 radical (unpaired) electrons. The number of nitrogens with one attached hydrogen (secondary N) is 2. The maximum absolute atomic E-state index is 12.1. The van der Waals surface area contributed by atoms with Gasteiger partial charge in [-0.3, -0.25) is 20.4 Å². The summed E-state index contributed by atoms with van der Waals surface area (Å²) in [5, 5.41) is 9.79. The van der Waals surface area contributed by atoms with E-state index in [1.54, 1.807) is 19.1 Å². The molecule has 0 bridgehead atoms. The molecule has 0 aliphatic heterocycles. The van der Waals surface area contributed by atoms with Gasteiger partial charge in [-0.25, -0.2) is 0 Å². The van der Waals surface area contributed by atoms with Gasteiger partial charge in [0, 0.05) is 0 Å². The van der Waals surface area contributed by atoms with Gasteiger partial charge in [0.05, 0.1) is 5.56 Å². The van der Waals surface area contributed by atoms with E-state index >= 15 is 0 Å². The number of phenols is 1. The van der Waals surface area contributed by atoms with Crippen LogP contribution in [0.4, 0.5) is 0 Å². The molecule has 0 fully saturated rings. The first kappa shape index (κ1) is 18.1. The number of ether oxygens (including phenoxy) is 1. The lowest BCUT2D eigenvalue weighted by molar-refractivity contribution is 0.0827. The molecule has 3 aromatic rings. The van der Waals surface area contributed by atoms with Crippen LogP contribution in [0.2, 0.25) is 0 Å². The predicted octanol–water partition coefficient (Wildman–Crippen LogP) is 2.95. The molecule has 0 aliphatic carbocycles. The largest absolute Gasteiger partial charge is 0.507 e. The van der Waals surface area contributed by atoms with Crippen LogP contribution in [0.5, 0.6) is 11.5 Å². The molecule has 3 rings (SSSR count). The van der Waals surface area contributed by atoms with Crippen LogP contribution in [-0.2, 0) is 6.61 Å². The third kappa shape index (κ3) is 4.66. The van der Waals surface area contributed by atoms with Crippen molar-refractivity contribution in [2.24, 2.45) is 0 Å². The van der Waals surface area contributed by atoms with E-state index in [1.165, 1.54) is 18.2 Å². The van der Waals surface area contributed by atoms with Gasteiger partial charge >= 0.3 is 5.91 Å². The average Bonchev–Trinajstić information content (AvgIpc) is 3.14. The van der Waals surface area contributed by atoms with Gasteiger partial charge in [0.15, 0.2) is 5.76 Å². The lowest BCUT2D eigenvalue weighted by Gasteiger charge is -2.08. The van der Waals surface area contributed by atoms with Gasteiger partial charge < -0.3 is 14.3 Å². The van der Waals surface area contributed by atoms with Crippen molar-refractivity contribution in [2.45, 2.75) is 13.5 Å². The third-order valence-electron chi connectivity index (χ3n) is 3.70. The van der Waals surface area contributed by atoms with Gasteiger partial charge in [0.25, 0.3) is 5.91 Å². The van der Waals surface area contributed by atoms with E-state index in [0.717, 1.165) is 5.56 Å². The van der Waals surface area contributed by atoms with Crippen molar-refractivity contribution in [3.63, 3.8) is 0 Å². The molecule has 1 heterocycles. The Morgan fingerprint density at radius 1 is 1.00 bits per heavy atom. The van der Waals surface area contributed by atoms with E-state index in [2.05, 4.69) is 10.9 Å². The van der Waals surface area contributed by atoms with Gasteiger partial charge in [-0.05, 0) is 48.9 Å². The number of hydrogen-bond acceptors (Lipinski definition) is 5. The quantitative estimate of drug-likeness (QED) is 0.603. The highest BCUT2D eigenvalue weighted by Crippen LogP contribution is 2.18. The Labute approximate surface area is 155 Å². The first-order valence-corrected chi connectivity index (χ1v) is 8.20. The fourth-order valence-electron chi connectivity index (χ4n) is 2.32. The second kappa shape index (κ2) is 8.09. The average molecular weight is 366 g/mol. The minimum atomic E-state index is -0.639. The fraction of sp³-hybridized carbons (Fsp3) is 0.100. The number of phenolic OH excluding ortho intramolecular Hbond substituents is 1. The van der Waals surface area contributed by atoms with E-state index in [-0.39, 0.29) is 23.7 Å². The molecule has 138 valence electrons. The molecule has 0 spiro atoms. The summed E-state index contributed by atoms with van der Waals surface area (Å²) in [6, 6.07) is 16.9. The monoisotopic (exact) mass is 366 g/mol. The van der Waals surface area contributed by atoms with Crippen molar-refractivity contribution >= 4 is 11.8 Å². The van der Waals surface area contributed by atoms with Crippen LogP contribution >= 0.6 is 0 Å². The molecule has 2 amide bonds. The molecule has 2 aromatic carbocycles. The first-order valence-electron chi connectivity index (χ1n) is 8.20. The zero-order chi connectivity index (χ0) is 19.2. The second-order valence-corrected chi connectivity index (χ2v) is 5.80. The Hall–Kier alpha value is -3.74. The highest BCUT2D eigenvalue weighted by atomic mass is 16.5. The number of aryl methyl sites for hydroxylation is 1. The SMILES string of the molecule is Cc1ccc(C(=O)NNC(=O)c2ccc(COc3ccccc3)o2)c(O)c1. The summed E-state index contributed by atoms with van der Waals surface area (Å²) in [4.78, 5) is 24.1. The third-order valence-corrected chi connectivity index (χ3v) is 3.70. The fourth-order valence-corrected chi connectivity index (χ4v) is 2.32. The van der Waals surface area contributed by atoms with Crippen molar-refractivity contribution in [1.82, 2.24) is 10.9 Å². The number of carbonyl (C=O) groups excluding carboxylic acids is 2. The summed E-state index contributed by atoms with van der Waals surface area (Å²) in [5.74, 6) is -0.257. The van der Waals surface area contributed by atoms with Crippen molar-refractivity contribution in [1.29, 1.82) is 0 Å². The van der Waals surface area contributed by atoms with Crippen LogP contribution in [0.15, 0.2) is 65.1 Å².